The number of hydrogen-bond donors (Lipinski definition) is 2. The molecule has 1 unspecified atom stereocenters. The van der Waals surface area contributed by atoms with Crippen molar-refractivity contribution in [1.82, 2.24) is 5.32 Å². The number of amides is 2. The molecule has 2 amide bonds. The molecule has 2 rings (SSSR count). The molecule has 2 N–H and O–H groups in total. The molecule has 112 valence electrons. The first-order valence-electron chi connectivity index (χ1n) is 6.47. The predicted octanol–water partition coefficient (Wildman–Crippen LogP) is 1.03. The van der Waals surface area contributed by atoms with E-state index in [0.29, 0.717) is 17.8 Å². The summed E-state index contributed by atoms with van der Waals surface area (Å²) in [5.74, 6) is 0.0679. The summed E-state index contributed by atoms with van der Waals surface area (Å²) in [6.07, 6.45) is 0.134. The van der Waals surface area contributed by atoms with E-state index in [-0.39, 0.29) is 23.5 Å². The zero-order valence-corrected chi connectivity index (χ0v) is 12.4. The Morgan fingerprint density at radius 3 is 2.71 bits per heavy atom. The van der Waals surface area contributed by atoms with Gasteiger partial charge in [0.15, 0.2) is 0 Å². The second kappa shape index (κ2) is 7.12. The number of thioether (sulfide) groups is 1. The molecule has 1 fully saturated rings. The van der Waals surface area contributed by atoms with Gasteiger partial charge in [-0.3, -0.25) is 9.59 Å². The third-order valence-electron chi connectivity index (χ3n) is 2.97. The van der Waals surface area contributed by atoms with Crippen LogP contribution in [-0.2, 0) is 14.3 Å². The molecule has 0 bridgehead atoms. The molecule has 6 nitrogen and oxygen atoms in total. The summed E-state index contributed by atoms with van der Waals surface area (Å²) < 4.78 is 4.60. The van der Waals surface area contributed by atoms with Crippen molar-refractivity contribution >= 4 is 35.2 Å². The van der Waals surface area contributed by atoms with Crippen molar-refractivity contribution in [2.45, 2.75) is 11.7 Å². The number of rotatable bonds is 4. The zero-order chi connectivity index (χ0) is 15.2. The Kier molecular flexibility index (Phi) is 5.21. The summed E-state index contributed by atoms with van der Waals surface area (Å²) in [7, 11) is 1.31. The maximum atomic E-state index is 11.9. The molecule has 0 aromatic heterocycles. The smallest absolute Gasteiger partial charge is 0.337 e. The lowest BCUT2D eigenvalue weighted by atomic mass is 10.2. The quantitative estimate of drug-likeness (QED) is 0.812. The Morgan fingerprint density at radius 2 is 2.10 bits per heavy atom. The van der Waals surface area contributed by atoms with Gasteiger partial charge in [-0.1, -0.05) is 0 Å². The molecule has 1 aromatic carbocycles. The lowest BCUT2D eigenvalue weighted by molar-refractivity contribution is -0.123. The topological polar surface area (TPSA) is 84.5 Å². The monoisotopic (exact) mass is 308 g/mol. The molecule has 0 spiro atoms. The van der Waals surface area contributed by atoms with Crippen LogP contribution >= 0.6 is 11.8 Å². The van der Waals surface area contributed by atoms with Gasteiger partial charge in [0.05, 0.1) is 17.9 Å². The number of carbonyl (C=O) groups excluding carboxylic acids is 3. The van der Waals surface area contributed by atoms with Crippen LogP contribution in [0, 0.1) is 0 Å². The van der Waals surface area contributed by atoms with Crippen LogP contribution in [0.15, 0.2) is 24.3 Å². The van der Waals surface area contributed by atoms with Gasteiger partial charge in [0, 0.05) is 24.4 Å². The Bertz CT molecular complexity index is 544. The van der Waals surface area contributed by atoms with Crippen LogP contribution in [-0.4, -0.2) is 42.4 Å². The van der Waals surface area contributed by atoms with E-state index < -0.39 is 5.97 Å². The van der Waals surface area contributed by atoms with Crippen LogP contribution in [0.1, 0.15) is 16.8 Å². The Balaban J connectivity index is 1.90. The Labute approximate surface area is 126 Å². The first kappa shape index (κ1) is 15.4. The SMILES string of the molecule is COC(=O)c1ccc(NC(=O)CC2SCCNC2=O)cc1. The first-order valence-corrected chi connectivity index (χ1v) is 7.52. The van der Waals surface area contributed by atoms with Crippen molar-refractivity contribution in [3.05, 3.63) is 29.8 Å². The van der Waals surface area contributed by atoms with Crippen LogP contribution in [0.5, 0.6) is 0 Å². The fourth-order valence-corrected chi connectivity index (χ4v) is 2.91. The average molecular weight is 308 g/mol. The molecule has 1 aliphatic heterocycles. The number of hydrogen-bond acceptors (Lipinski definition) is 5. The highest BCUT2D eigenvalue weighted by Gasteiger charge is 2.25. The third kappa shape index (κ3) is 4.22. The van der Waals surface area contributed by atoms with E-state index in [1.54, 1.807) is 24.3 Å². The highest BCUT2D eigenvalue weighted by atomic mass is 32.2. The number of esters is 1. The van der Waals surface area contributed by atoms with Gasteiger partial charge in [-0.15, -0.1) is 11.8 Å². The van der Waals surface area contributed by atoms with Crippen LogP contribution in [0.2, 0.25) is 0 Å². The summed E-state index contributed by atoms with van der Waals surface area (Å²) >= 11 is 1.49. The van der Waals surface area contributed by atoms with Crippen LogP contribution in [0.3, 0.4) is 0 Å². The molecule has 0 aliphatic carbocycles. The maximum Gasteiger partial charge on any atom is 0.337 e. The number of nitrogens with one attached hydrogen (secondary N) is 2. The lowest BCUT2D eigenvalue weighted by Crippen LogP contribution is -2.40. The third-order valence-corrected chi connectivity index (χ3v) is 4.20. The number of benzene rings is 1. The van der Waals surface area contributed by atoms with E-state index in [0.717, 1.165) is 5.75 Å². The average Bonchev–Trinajstić information content (AvgIpc) is 2.49. The molecular weight excluding hydrogens is 292 g/mol. The summed E-state index contributed by atoms with van der Waals surface area (Å²) in [5, 5.41) is 5.11. The Morgan fingerprint density at radius 1 is 1.38 bits per heavy atom. The van der Waals surface area contributed by atoms with Crippen molar-refractivity contribution in [2.75, 3.05) is 24.7 Å². The molecule has 0 radical (unpaired) electrons. The van der Waals surface area contributed by atoms with Gasteiger partial charge in [0.25, 0.3) is 0 Å². The molecule has 0 saturated carbocycles. The normalized spacial score (nSPS) is 17.8. The van der Waals surface area contributed by atoms with Gasteiger partial charge in [-0.2, -0.15) is 0 Å². The largest absolute Gasteiger partial charge is 0.465 e. The number of anilines is 1. The van der Waals surface area contributed by atoms with E-state index in [4.69, 9.17) is 0 Å². The summed E-state index contributed by atoms with van der Waals surface area (Å²) in [6.45, 7) is 0.649. The summed E-state index contributed by atoms with van der Waals surface area (Å²) in [5.41, 5.74) is 0.992. The van der Waals surface area contributed by atoms with Crippen LogP contribution in [0.25, 0.3) is 0 Å². The predicted molar refractivity (Wildman–Crippen MR) is 80.3 cm³/mol. The van der Waals surface area contributed by atoms with Crippen molar-refractivity contribution in [1.29, 1.82) is 0 Å². The van der Waals surface area contributed by atoms with Gasteiger partial charge in [0.1, 0.15) is 0 Å². The van der Waals surface area contributed by atoms with Crippen LogP contribution in [0.4, 0.5) is 5.69 Å². The Hall–Kier alpha value is -2.02. The van der Waals surface area contributed by atoms with Crippen molar-refractivity contribution < 1.29 is 19.1 Å². The molecular formula is C14H16N2O4S. The number of carbonyl (C=O) groups is 3. The fraction of sp³-hybridized carbons (Fsp3) is 0.357. The second-order valence-corrected chi connectivity index (χ2v) is 5.78. The fourth-order valence-electron chi connectivity index (χ4n) is 1.90. The van der Waals surface area contributed by atoms with Gasteiger partial charge in [-0.25, -0.2) is 4.79 Å². The second-order valence-electron chi connectivity index (χ2n) is 4.47. The van der Waals surface area contributed by atoms with E-state index in [9.17, 15) is 14.4 Å². The van der Waals surface area contributed by atoms with Crippen LogP contribution < -0.4 is 10.6 Å². The van der Waals surface area contributed by atoms with Crippen molar-refractivity contribution in [2.24, 2.45) is 0 Å². The van der Waals surface area contributed by atoms with E-state index in [1.165, 1.54) is 18.9 Å². The zero-order valence-electron chi connectivity index (χ0n) is 11.5. The van der Waals surface area contributed by atoms with Gasteiger partial charge >= 0.3 is 5.97 Å². The molecule has 1 aromatic rings. The minimum absolute atomic E-state index is 0.0950. The minimum Gasteiger partial charge on any atom is -0.465 e. The summed E-state index contributed by atoms with van der Waals surface area (Å²) in [4.78, 5) is 34.8. The minimum atomic E-state index is -0.428. The molecule has 7 heteroatoms. The van der Waals surface area contributed by atoms with E-state index >= 15 is 0 Å². The molecule has 1 atom stereocenters. The molecule has 21 heavy (non-hydrogen) atoms. The lowest BCUT2D eigenvalue weighted by Gasteiger charge is -2.20. The molecule has 1 aliphatic rings. The van der Waals surface area contributed by atoms with Gasteiger partial charge in [-0.05, 0) is 24.3 Å². The van der Waals surface area contributed by atoms with E-state index in [1.807, 2.05) is 0 Å². The first-order chi connectivity index (χ1) is 10.1. The highest BCUT2D eigenvalue weighted by Crippen LogP contribution is 2.19. The van der Waals surface area contributed by atoms with Crippen molar-refractivity contribution in [3.63, 3.8) is 0 Å². The molecule has 1 saturated heterocycles. The van der Waals surface area contributed by atoms with Gasteiger partial charge in [0.2, 0.25) is 11.8 Å². The summed E-state index contributed by atoms with van der Waals surface area (Å²) in [6, 6.07) is 6.39. The maximum absolute atomic E-state index is 11.9. The highest BCUT2D eigenvalue weighted by molar-refractivity contribution is 8.00. The number of ether oxygens (including phenoxy) is 1. The van der Waals surface area contributed by atoms with Gasteiger partial charge < -0.3 is 15.4 Å². The van der Waals surface area contributed by atoms with Crippen molar-refractivity contribution in [3.8, 4) is 0 Å². The number of methoxy groups -OCH3 is 1. The molecule has 1 heterocycles. The standard InChI is InChI=1S/C14H16N2O4S/c1-20-14(19)9-2-4-10(5-3-9)16-12(17)8-11-13(18)15-6-7-21-11/h2-5,11H,6-8H2,1H3,(H,15,18)(H,16,17). The van der Waals surface area contributed by atoms with E-state index in [2.05, 4.69) is 15.4 Å².